The Labute approximate surface area is 191 Å². The van der Waals surface area contributed by atoms with Gasteiger partial charge in [0.05, 0.1) is 19.8 Å². The Kier molecular flexibility index (Phi) is 6.86. The minimum atomic E-state index is -1.04. The van der Waals surface area contributed by atoms with E-state index in [1.807, 2.05) is 0 Å². The molecule has 0 saturated carbocycles. The number of benzene rings is 3. The molecule has 0 aliphatic carbocycles. The normalized spacial score (nSPS) is 17.7. The van der Waals surface area contributed by atoms with Gasteiger partial charge in [-0.25, -0.2) is 8.78 Å². The first-order chi connectivity index (χ1) is 16.0. The molecule has 4 rings (SSSR count). The van der Waals surface area contributed by atoms with Crippen molar-refractivity contribution in [2.45, 2.75) is 18.9 Å². The second-order valence-corrected chi connectivity index (χ2v) is 7.87. The summed E-state index contributed by atoms with van der Waals surface area (Å²) in [5.41, 5.74) is 2.21. The topological polar surface area (TPSA) is 18.5 Å². The van der Waals surface area contributed by atoms with Crippen LogP contribution in [0.4, 0.5) is 13.2 Å². The fourth-order valence-electron chi connectivity index (χ4n) is 3.83. The van der Waals surface area contributed by atoms with Crippen LogP contribution in [0.5, 0.6) is 5.75 Å². The Morgan fingerprint density at radius 1 is 0.939 bits per heavy atom. The Morgan fingerprint density at radius 3 is 2.24 bits per heavy atom. The second-order valence-electron chi connectivity index (χ2n) is 7.87. The highest BCUT2D eigenvalue weighted by Gasteiger charge is 2.18. The summed E-state index contributed by atoms with van der Waals surface area (Å²) in [7, 11) is 1.28. The molecule has 0 amide bonds. The molecular weight excluding hydrogens is 425 g/mol. The van der Waals surface area contributed by atoms with E-state index in [9.17, 15) is 13.2 Å². The predicted octanol–water partition coefficient (Wildman–Crippen LogP) is 6.78. The van der Waals surface area contributed by atoms with Crippen LogP contribution >= 0.6 is 0 Å². The molecule has 5 heteroatoms. The highest BCUT2D eigenvalue weighted by atomic mass is 19.2. The number of halogens is 3. The molecule has 0 aromatic heterocycles. The van der Waals surface area contributed by atoms with Crippen molar-refractivity contribution in [3.05, 3.63) is 90.3 Å². The fourth-order valence-corrected chi connectivity index (χ4v) is 3.83. The third kappa shape index (κ3) is 4.97. The lowest BCUT2D eigenvalue weighted by atomic mass is 9.97. The molecule has 3 aromatic carbocycles. The van der Waals surface area contributed by atoms with E-state index in [0.717, 1.165) is 12.8 Å². The average Bonchev–Trinajstić information content (AvgIpc) is 2.85. The maximum atomic E-state index is 14.8. The van der Waals surface area contributed by atoms with Crippen molar-refractivity contribution in [1.29, 1.82) is 0 Å². The molecule has 0 bridgehead atoms. The molecule has 0 radical (unpaired) electrons. The predicted molar refractivity (Wildman–Crippen MR) is 123 cm³/mol. The zero-order valence-electron chi connectivity index (χ0n) is 18.2. The van der Waals surface area contributed by atoms with E-state index < -0.39 is 17.5 Å². The van der Waals surface area contributed by atoms with E-state index in [-0.39, 0.29) is 23.3 Å². The van der Waals surface area contributed by atoms with Gasteiger partial charge in [-0.1, -0.05) is 48.2 Å². The molecule has 1 fully saturated rings. The van der Waals surface area contributed by atoms with Gasteiger partial charge in [0.2, 0.25) is 5.82 Å². The first-order valence-corrected chi connectivity index (χ1v) is 10.7. The molecule has 1 aliphatic rings. The number of hydrogen-bond donors (Lipinski definition) is 0. The molecule has 1 aliphatic heterocycles. The van der Waals surface area contributed by atoms with Crippen LogP contribution in [-0.4, -0.2) is 19.8 Å². The van der Waals surface area contributed by atoms with Gasteiger partial charge in [0.25, 0.3) is 0 Å². The largest absolute Gasteiger partial charge is 0.494 e. The first-order valence-electron chi connectivity index (χ1n) is 10.7. The summed E-state index contributed by atoms with van der Waals surface area (Å²) in [5.74, 6) is 3.74. The van der Waals surface area contributed by atoms with Crippen LogP contribution in [0, 0.1) is 35.2 Å². The molecule has 33 heavy (non-hydrogen) atoms. The maximum absolute atomic E-state index is 14.8. The zero-order valence-corrected chi connectivity index (χ0v) is 18.2. The Bertz CT molecular complexity index is 1210. The summed E-state index contributed by atoms with van der Waals surface area (Å²) in [5, 5.41) is 0. The Morgan fingerprint density at radius 2 is 1.64 bits per heavy atom. The molecule has 2 atom stereocenters. The van der Waals surface area contributed by atoms with Crippen molar-refractivity contribution in [2.75, 3.05) is 13.7 Å². The van der Waals surface area contributed by atoms with Crippen LogP contribution in [0.1, 0.15) is 18.4 Å². The van der Waals surface area contributed by atoms with Crippen LogP contribution in [0.2, 0.25) is 0 Å². The molecule has 2 nitrogen and oxygen atoms in total. The van der Waals surface area contributed by atoms with Crippen LogP contribution in [0.15, 0.2) is 67.3 Å². The van der Waals surface area contributed by atoms with Crippen molar-refractivity contribution in [1.82, 2.24) is 0 Å². The summed E-state index contributed by atoms with van der Waals surface area (Å²) < 4.78 is 53.6. The van der Waals surface area contributed by atoms with Crippen LogP contribution in [0.3, 0.4) is 0 Å². The quantitative estimate of drug-likeness (QED) is 0.324. The molecular formula is C28H23F3O2. The highest BCUT2D eigenvalue weighted by Crippen LogP contribution is 2.32. The summed E-state index contributed by atoms with van der Waals surface area (Å²) in [6.45, 7) is 4.29. The van der Waals surface area contributed by atoms with Gasteiger partial charge in [-0.2, -0.15) is 4.39 Å². The summed E-state index contributed by atoms with van der Waals surface area (Å²) in [4.78, 5) is 0. The van der Waals surface area contributed by atoms with E-state index in [1.165, 1.54) is 25.3 Å². The van der Waals surface area contributed by atoms with Gasteiger partial charge in [0.15, 0.2) is 11.6 Å². The van der Waals surface area contributed by atoms with E-state index in [1.54, 1.807) is 42.5 Å². The smallest absolute Gasteiger partial charge is 0.201 e. The van der Waals surface area contributed by atoms with Crippen molar-refractivity contribution in [3.63, 3.8) is 0 Å². The van der Waals surface area contributed by atoms with Crippen molar-refractivity contribution in [3.8, 4) is 39.8 Å². The number of methoxy groups -OCH3 is 1. The van der Waals surface area contributed by atoms with Crippen LogP contribution < -0.4 is 4.74 Å². The van der Waals surface area contributed by atoms with Gasteiger partial charge >= 0.3 is 0 Å². The van der Waals surface area contributed by atoms with Crippen molar-refractivity contribution in [2.24, 2.45) is 5.92 Å². The van der Waals surface area contributed by atoms with Crippen molar-refractivity contribution >= 4 is 0 Å². The standard InChI is InChI=1S/C28H23F3O2/c1-3-22-12-6-19(17-33-22)5-4-18-7-13-23(25(29)16-18)20-8-10-21(11-9-20)24-14-15-26(32-2)28(31)27(24)30/h3,7-11,13-16,19,22H,1,6,12,17H2,2H3. The molecule has 2 unspecified atom stereocenters. The minimum Gasteiger partial charge on any atom is -0.494 e. The molecule has 0 N–H and O–H groups in total. The van der Waals surface area contributed by atoms with Gasteiger partial charge < -0.3 is 9.47 Å². The Hall–Kier alpha value is -3.49. The van der Waals surface area contributed by atoms with E-state index in [4.69, 9.17) is 9.47 Å². The molecule has 0 spiro atoms. The van der Waals surface area contributed by atoms with Crippen molar-refractivity contribution < 1.29 is 22.6 Å². The average molecular weight is 448 g/mol. The first kappa shape index (κ1) is 22.7. The molecule has 3 aromatic rings. The third-order valence-corrected chi connectivity index (χ3v) is 5.74. The van der Waals surface area contributed by atoms with Gasteiger partial charge in [-0.05, 0) is 48.2 Å². The highest BCUT2D eigenvalue weighted by molar-refractivity contribution is 5.72. The fraction of sp³-hybridized carbons (Fsp3) is 0.214. The van der Waals surface area contributed by atoms with Gasteiger partial charge in [0.1, 0.15) is 5.82 Å². The molecule has 1 heterocycles. The zero-order chi connectivity index (χ0) is 23.4. The molecule has 168 valence electrons. The van der Waals surface area contributed by atoms with E-state index in [2.05, 4.69) is 18.4 Å². The lowest BCUT2D eigenvalue weighted by molar-refractivity contribution is 0.0271. The third-order valence-electron chi connectivity index (χ3n) is 5.74. The monoisotopic (exact) mass is 448 g/mol. The Balaban J connectivity index is 1.51. The SMILES string of the molecule is C=CC1CCC(C#Cc2ccc(-c3ccc(-c4ccc(OC)c(F)c4F)cc3)c(F)c2)CO1. The summed E-state index contributed by atoms with van der Waals surface area (Å²) in [6.07, 6.45) is 3.70. The van der Waals surface area contributed by atoms with Gasteiger partial charge in [-0.3, -0.25) is 0 Å². The lowest BCUT2D eigenvalue weighted by Gasteiger charge is -2.23. The number of hydrogen-bond acceptors (Lipinski definition) is 2. The second kappa shape index (κ2) is 9.97. The van der Waals surface area contributed by atoms with Crippen LogP contribution in [-0.2, 0) is 4.74 Å². The molecule has 1 saturated heterocycles. The summed E-state index contributed by atoms with van der Waals surface area (Å²) in [6, 6.07) is 14.3. The van der Waals surface area contributed by atoms with Crippen LogP contribution in [0.25, 0.3) is 22.3 Å². The van der Waals surface area contributed by atoms with Gasteiger partial charge in [-0.15, -0.1) is 6.58 Å². The summed E-state index contributed by atoms with van der Waals surface area (Å²) >= 11 is 0. The van der Waals surface area contributed by atoms with E-state index in [0.29, 0.717) is 28.9 Å². The minimum absolute atomic E-state index is 0.0893. The number of ether oxygens (including phenoxy) is 2. The lowest BCUT2D eigenvalue weighted by Crippen LogP contribution is -2.23. The van der Waals surface area contributed by atoms with Gasteiger partial charge in [0, 0.05) is 22.6 Å². The number of rotatable bonds is 4. The van der Waals surface area contributed by atoms with E-state index >= 15 is 0 Å². The maximum Gasteiger partial charge on any atom is 0.201 e.